The van der Waals surface area contributed by atoms with Crippen LogP contribution in [0.5, 0.6) is 5.75 Å². The topological polar surface area (TPSA) is 72.2 Å². The van der Waals surface area contributed by atoms with E-state index in [-0.39, 0.29) is 11.4 Å². The number of hydrogen-bond donors (Lipinski definition) is 0. The number of likely N-dealkylation sites (N-methyl/N-ethyl adjacent to an activating group) is 1. The van der Waals surface area contributed by atoms with E-state index in [4.69, 9.17) is 13.9 Å². The summed E-state index contributed by atoms with van der Waals surface area (Å²) < 4.78 is 44.2. The van der Waals surface area contributed by atoms with E-state index in [0.717, 1.165) is 5.76 Å². The van der Waals surface area contributed by atoms with Gasteiger partial charge in [-0.2, -0.15) is 4.31 Å². The maximum absolute atomic E-state index is 13.2. The largest absolute Gasteiger partial charge is 0.491 e. The molecule has 0 fully saturated rings. The molecule has 0 aliphatic rings. The molecule has 0 spiro atoms. The molecule has 0 aliphatic carbocycles. The zero-order valence-corrected chi connectivity index (χ0v) is 17.9. The lowest BCUT2D eigenvalue weighted by Gasteiger charge is -2.23. The number of nitrogens with zero attached hydrogens (tertiary/aromatic N) is 2. The fourth-order valence-electron chi connectivity index (χ4n) is 2.56. The number of hydrogen-bond acceptors (Lipinski definition) is 6. The maximum atomic E-state index is 13.2. The Morgan fingerprint density at radius 1 is 1.00 bits per heavy atom. The highest BCUT2D eigenvalue weighted by atomic mass is 32.2. The molecule has 1 heterocycles. The first kappa shape index (κ1) is 22.4. The van der Waals surface area contributed by atoms with E-state index >= 15 is 0 Å². The molecule has 0 bridgehead atoms. The summed E-state index contributed by atoms with van der Waals surface area (Å²) in [5.41, 5.74) is 0. The van der Waals surface area contributed by atoms with Gasteiger partial charge in [0.2, 0.25) is 10.0 Å². The normalized spacial score (nSPS) is 12.1. The Balaban J connectivity index is 2.13. The fourth-order valence-corrected chi connectivity index (χ4v) is 3.96. The zero-order chi connectivity index (χ0) is 20.6. The van der Waals surface area contributed by atoms with Crippen molar-refractivity contribution in [3.8, 4) is 5.75 Å². The van der Waals surface area contributed by atoms with Crippen molar-refractivity contribution in [2.75, 3.05) is 47.0 Å². The molecule has 7 nitrogen and oxygen atoms in total. The lowest BCUT2D eigenvalue weighted by atomic mass is 10.3. The van der Waals surface area contributed by atoms with Crippen molar-refractivity contribution in [1.82, 2.24) is 9.21 Å². The number of furan rings is 1. The van der Waals surface area contributed by atoms with Crippen molar-refractivity contribution in [1.29, 1.82) is 0 Å². The maximum Gasteiger partial charge on any atom is 0.243 e. The van der Waals surface area contributed by atoms with E-state index in [1.165, 1.54) is 4.31 Å². The van der Waals surface area contributed by atoms with Crippen LogP contribution in [-0.2, 0) is 21.3 Å². The van der Waals surface area contributed by atoms with Gasteiger partial charge in [-0.15, -0.1) is 0 Å². The van der Waals surface area contributed by atoms with Crippen LogP contribution in [0.1, 0.15) is 18.4 Å². The summed E-state index contributed by atoms with van der Waals surface area (Å²) in [6, 6.07) is 10.1. The molecule has 0 aliphatic heterocycles. The molecular formula is C20H30N2O5S. The molecule has 156 valence electrons. The second-order valence-electron chi connectivity index (χ2n) is 6.67. The van der Waals surface area contributed by atoms with Gasteiger partial charge in [-0.05, 0) is 64.3 Å². The van der Waals surface area contributed by atoms with Gasteiger partial charge < -0.3 is 18.8 Å². The van der Waals surface area contributed by atoms with Gasteiger partial charge in [-0.1, -0.05) is 0 Å². The van der Waals surface area contributed by atoms with Crippen LogP contribution in [0, 0.1) is 6.92 Å². The van der Waals surface area contributed by atoms with Crippen molar-refractivity contribution in [2.45, 2.75) is 25.3 Å². The molecular weight excluding hydrogens is 380 g/mol. The number of rotatable bonds is 12. The van der Waals surface area contributed by atoms with E-state index < -0.39 is 10.0 Å². The summed E-state index contributed by atoms with van der Waals surface area (Å²) in [6.45, 7) is 6.48. The Kier molecular flexibility index (Phi) is 8.50. The molecule has 2 aromatic rings. The van der Waals surface area contributed by atoms with Crippen molar-refractivity contribution in [2.24, 2.45) is 0 Å². The fraction of sp³-hybridized carbons (Fsp3) is 0.500. The minimum atomic E-state index is -3.67. The highest BCUT2D eigenvalue weighted by Gasteiger charge is 2.25. The van der Waals surface area contributed by atoms with Crippen LogP contribution >= 0.6 is 0 Å². The third-order valence-corrected chi connectivity index (χ3v) is 5.95. The second-order valence-corrected chi connectivity index (χ2v) is 8.61. The van der Waals surface area contributed by atoms with Gasteiger partial charge in [0.05, 0.1) is 18.0 Å². The minimum Gasteiger partial charge on any atom is -0.491 e. The Bertz CT molecular complexity index is 815. The van der Waals surface area contributed by atoms with Gasteiger partial charge in [0.1, 0.15) is 23.9 Å². The van der Waals surface area contributed by atoms with Crippen molar-refractivity contribution < 1.29 is 22.3 Å². The second kappa shape index (κ2) is 10.6. The van der Waals surface area contributed by atoms with E-state index in [2.05, 4.69) is 0 Å². The highest BCUT2D eigenvalue weighted by Crippen LogP contribution is 2.22. The molecule has 1 aromatic heterocycles. The third-order valence-electron chi connectivity index (χ3n) is 4.09. The summed E-state index contributed by atoms with van der Waals surface area (Å²) in [5.74, 6) is 1.99. The first-order valence-corrected chi connectivity index (χ1v) is 10.8. The van der Waals surface area contributed by atoms with Crippen LogP contribution in [0.4, 0.5) is 0 Å². The van der Waals surface area contributed by atoms with Crippen molar-refractivity contribution in [3.05, 3.63) is 47.9 Å². The van der Waals surface area contributed by atoms with Gasteiger partial charge in [0.25, 0.3) is 0 Å². The Hall–Kier alpha value is -1.87. The summed E-state index contributed by atoms with van der Waals surface area (Å²) in [4.78, 5) is 2.18. The predicted molar refractivity (Wildman–Crippen MR) is 108 cm³/mol. The SMILES string of the molecule is CCOCCOc1ccc(S(=O)(=O)N(CCN(C)C)Cc2ccc(C)o2)cc1. The first-order chi connectivity index (χ1) is 13.3. The van der Waals surface area contributed by atoms with Crippen LogP contribution < -0.4 is 4.74 Å². The van der Waals surface area contributed by atoms with Crippen LogP contribution in [0.15, 0.2) is 45.7 Å². The van der Waals surface area contributed by atoms with Gasteiger partial charge in [0, 0.05) is 19.7 Å². The first-order valence-electron chi connectivity index (χ1n) is 9.33. The molecule has 0 saturated heterocycles. The number of benzene rings is 1. The van der Waals surface area contributed by atoms with E-state index in [9.17, 15) is 8.42 Å². The van der Waals surface area contributed by atoms with Crippen LogP contribution in [0.25, 0.3) is 0 Å². The summed E-state index contributed by atoms with van der Waals surface area (Å²) in [7, 11) is 0.161. The molecule has 0 atom stereocenters. The Labute approximate surface area is 167 Å². The van der Waals surface area contributed by atoms with Crippen molar-refractivity contribution >= 4 is 10.0 Å². The van der Waals surface area contributed by atoms with Gasteiger partial charge in [-0.3, -0.25) is 0 Å². The van der Waals surface area contributed by atoms with E-state index in [0.29, 0.717) is 44.4 Å². The number of aryl methyl sites for hydroxylation is 1. The molecule has 0 amide bonds. The smallest absolute Gasteiger partial charge is 0.243 e. The molecule has 8 heteroatoms. The lowest BCUT2D eigenvalue weighted by molar-refractivity contribution is 0.110. The van der Waals surface area contributed by atoms with Crippen molar-refractivity contribution in [3.63, 3.8) is 0 Å². The average molecular weight is 411 g/mol. The standard InChI is InChI=1S/C20H30N2O5S/c1-5-25-14-15-26-18-8-10-20(11-9-18)28(23,24)22(13-12-21(3)4)16-19-7-6-17(2)27-19/h6-11H,5,12-16H2,1-4H3. The predicted octanol–water partition coefficient (Wildman–Crippen LogP) is 2.76. The summed E-state index contributed by atoms with van der Waals surface area (Å²) in [5, 5.41) is 0. The Morgan fingerprint density at radius 2 is 1.71 bits per heavy atom. The summed E-state index contributed by atoms with van der Waals surface area (Å²) in [6.07, 6.45) is 0. The molecule has 0 saturated carbocycles. The number of ether oxygens (including phenoxy) is 2. The monoisotopic (exact) mass is 410 g/mol. The molecule has 1 aromatic carbocycles. The quantitative estimate of drug-likeness (QED) is 0.501. The molecule has 0 N–H and O–H groups in total. The third kappa shape index (κ3) is 6.63. The summed E-state index contributed by atoms with van der Waals surface area (Å²) >= 11 is 0. The van der Waals surface area contributed by atoms with Gasteiger partial charge in [0.15, 0.2) is 0 Å². The average Bonchev–Trinajstić information content (AvgIpc) is 3.07. The number of sulfonamides is 1. The molecule has 28 heavy (non-hydrogen) atoms. The van der Waals surface area contributed by atoms with Crippen LogP contribution in [0.2, 0.25) is 0 Å². The highest BCUT2D eigenvalue weighted by molar-refractivity contribution is 7.89. The van der Waals surface area contributed by atoms with Crippen LogP contribution in [-0.4, -0.2) is 64.6 Å². The van der Waals surface area contributed by atoms with E-state index in [1.54, 1.807) is 24.3 Å². The zero-order valence-electron chi connectivity index (χ0n) is 17.1. The van der Waals surface area contributed by atoms with Crippen LogP contribution in [0.3, 0.4) is 0 Å². The lowest BCUT2D eigenvalue weighted by Crippen LogP contribution is -2.36. The molecule has 2 rings (SSSR count). The van der Waals surface area contributed by atoms with Gasteiger partial charge >= 0.3 is 0 Å². The van der Waals surface area contributed by atoms with E-state index in [1.807, 2.05) is 45.0 Å². The minimum absolute atomic E-state index is 0.191. The Morgan fingerprint density at radius 3 is 2.29 bits per heavy atom. The molecule has 0 unspecified atom stereocenters. The molecule has 0 radical (unpaired) electrons. The van der Waals surface area contributed by atoms with Gasteiger partial charge in [-0.25, -0.2) is 8.42 Å².